The van der Waals surface area contributed by atoms with Crippen LogP contribution in [0.4, 0.5) is 0 Å². The molecule has 0 amide bonds. The number of hydrogen-bond acceptors (Lipinski definition) is 5. The first kappa shape index (κ1) is 16.4. The fraction of sp³-hybridized carbons (Fsp3) is 0.882. The molecule has 2 fully saturated rings. The van der Waals surface area contributed by atoms with Crippen LogP contribution in [0.25, 0.3) is 0 Å². The molecule has 0 aromatic rings. The van der Waals surface area contributed by atoms with Crippen molar-refractivity contribution < 1.29 is 19.7 Å². The van der Waals surface area contributed by atoms with Gasteiger partial charge >= 0.3 is 0 Å². The zero-order chi connectivity index (χ0) is 16.0. The maximum Gasteiger partial charge on any atom is 0.163 e. The number of nitrogens with two attached hydrogens (primary N) is 1. The average Bonchev–Trinajstić information content (AvgIpc) is 2.80. The largest absolute Gasteiger partial charge is 0.389 e. The molecule has 1 saturated heterocycles. The molecule has 22 heavy (non-hydrogen) atoms. The Labute approximate surface area is 132 Å². The first-order valence-electron chi connectivity index (χ1n) is 8.44. The van der Waals surface area contributed by atoms with Crippen molar-refractivity contribution in [3.63, 3.8) is 0 Å². The van der Waals surface area contributed by atoms with Gasteiger partial charge in [-0.05, 0) is 52.4 Å². The van der Waals surface area contributed by atoms with E-state index in [1.807, 2.05) is 19.9 Å². The zero-order valence-electron chi connectivity index (χ0n) is 13.7. The maximum absolute atomic E-state index is 11.3. The molecular weight excluding hydrogens is 282 g/mol. The SMILES string of the molecule is CC1(C)OC[C@H](C[C@@]23CC[C@@H](O)C=C2CCC[C@]3(O)CN)O1. The molecule has 5 heteroatoms. The molecular formula is C17H29NO4. The van der Waals surface area contributed by atoms with Crippen LogP contribution in [0.2, 0.25) is 0 Å². The van der Waals surface area contributed by atoms with Crippen molar-refractivity contribution in [2.24, 2.45) is 11.1 Å². The van der Waals surface area contributed by atoms with Gasteiger partial charge in [-0.25, -0.2) is 0 Å². The lowest BCUT2D eigenvalue weighted by molar-refractivity contribution is -0.154. The van der Waals surface area contributed by atoms with Gasteiger partial charge in [0.05, 0.1) is 24.4 Å². The molecule has 1 saturated carbocycles. The number of aliphatic hydroxyl groups is 2. The van der Waals surface area contributed by atoms with Crippen LogP contribution in [0, 0.1) is 5.41 Å². The van der Waals surface area contributed by atoms with E-state index in [1.165, 1.54) is 5.57 Å². The fourth-order valence-corrected chi connectivity index (χ4v) is 4.67. The molecule has 0 spiro atoms. The summed E-state index contributed by atoms with van der Waals surface area (Å²) in [6.45, 7) is 4.63. The van der Waals surface area contributed by atoms with Gasteiger partial charge in [0.25, 0.3) is 0 Å². The summed E-state index contributed by atoms with van der Waals surface area (Å²) < 4.78 is 11.7. The van der Waals surface area contributed by atoms with Crippen molar-refractivity contribution in [2.75, 3.05) is 13.2 Å². The highest BCUT2D eigenvalue weighted by Gasteiger charge is 2.56. The normalized spacial score (nSPS) is 44.5. The summed E-state index contributed by atoms with van der Waals surface area (Å²) in [5.41, 5.74) is 5.85. The lowest BCUT2D eigenvalue weighted by atomic mass is 9.54. The molecule has 0 radical (unpaired) electrons. The van der Waals surface area contributed by atoms with Crippen molar-refractivity contribution in [3.8, 4) is 0 Å². The Morgan fingerprint density at radius 1 is 1.36 bits per heavy atom. The number of rotatable bonds is 3. The fourth-order valence-electron chi connectivity index (χ4n) is 4.67. The summed E-state index contributed by atoms with van der Waals surface area (Å²) in [4.78, 5) is 0. The minimum absolute atomic E-state index is 0.0372. The van der Waals surface area contributed by atoms with E-state index >= 15 is 0 Å². The second kappa shape index (κ2) is 5.56. The smallest absolute Gasteiger partial charge is 0.163 e. The van der Waals surface area contributed by atoms with Gasteiger partial charge in [0.1, 0.15) is 0 Å². The Bertz CT molecular complexity index is 464. The van der Waals surface area contributed by atoms with E-state index in [4.69, 9.17) is 15.2 Å². The molecule has 126 valence electrons. The Hall–Kier alpha value is -0.460. The summed E-state index contributed by atoms with van der Waals surface area (Å²) in [5, 5.41) is 21.3. The van der Waals surface area contributed by atoms with Crippen LogP contribution in [0.15, 0.2) is 11.6 Å². The van der Waals surface area contributed by atoms with E-state index in [0.717, 1.165) is 19.3 Å². The maximum atomic E-state index is 11.3. The van der Waals surface area contributed by atoms with E-state index in [0.29, 0.717) is 25.9 Å². The molecule has 4 N–H and O–H groups in total. The summed E-state index contributed by atoms with van der Waals surface area (Å²) in [6, 6.07) is 0. The van der Waals surface area contributed by atoms with Crippen molar-refractivity contribution in [1.29, 1.82) is 0 Å². The predicted octanol–water partition coefficient (Wildman–Crippen LogP) is 1.47. The van der Waals surface area contributed by atoms with Gasteiger partial charge in [-0.1, -0.05) is 11.6 Å². The second-order valence-corrected chi connectivity index (χ2v) is 7.62. The van der Waals surface area contributed by atoms with Gasteiger partial charge in [0.2, 0.25) is 0 Å². The van der Waals surface area contributed by atoms with Crippen LogP contribution in [-0.4, -0.2) is 47.0 Å². The lowest BCUT2D eigenvalue weighted by Gasteiger charge is -2.55. The summed E-state index contributed by atoms with van der Waals surface area (Å²) in [5.74, 6) is -0.561. The third-order valence-corrected chi connectivity index (χ3v) is 5.78. The first-order valence-corrected chi connectivity index (χ1v) is 8.44. The third-order valence-electron chi connectivity index (χ3n) is 5.78. The highest BCUT2D eigenvalue weighted by atomic mass is 16.7. The van der Waals surface area contributed by atoms with Gasteiger partial charge in [-0.3, -0.25) is 0 Å². The molecule has 4 atom stereocenters. The van der Waals surface area contributed by atoms with E-state index < -0.39 is 17.5 Å². The number of hydrogen-bond donors (Lipinski definition) is 3. The molecule has 3 rings (SSSR count). The van der Waals surface area contributed by atoms with Crippen LogP contribution in [0.1, 0.15) is 52.4 Å². The first-order chi connectivity index (χ1) is 10.3. The molecule has 0 aromatic heterocycles. The molecule has 0 aromatic carbocycles. The third kappa shape index (κ3) is 2.63. The highest BCUT2D eigenvalue weighted by Crippen LogP contribution is 2.56. The van der Waals surface area contributed by atoms with E-state index in [2.05, 4.69) is 0 Å². The number of ether oxygens (including phenoxy) is 2. The van der Waals surface area contributed by atoms with Gasteiger partial charge in [-0.15, -0.1) is 0 Å². The van der Waals surface area contributed by atoms with Crippen LogP contribution in [0.5, 0.6) is 0 Å². The number of aliphatic hydroxyl groups excluding tert-OH is 1. The Kier molecular flexibility index (Phi) is 4.15. The molecule has 0 bridgehead atoms. The molecule has 5 nitrogen and oxygen atoms in total. The Morgan fingerprint density at radius 3 is 2.77 bits per heavy atom. The number of fused-ring (bicyclic) bond motifs is 1. The van der Waals surface area contributed by atoms with Crippen LogP contribution in [0.3, 0.4) is 0 Å². The topological polar surface area (TPSA) is 84.9 Å². The van der Waals surface area contributed by atoms with Crippen molar-refractivity contribution in [1.82, 2.24) is 0 Å². The predicted molar refractivity (Wildman–Crippen MR) is 83.1 cm³/mol. The molecule has 1 heterocycles. The van der Waals surface area contributed by atoms with E-state index in [9.17, 15) is 10.2 Å². The Morgan fingerprint density at radius 2 is 2.14 bits per heavy atom. The molecule has 3 aliphatic rings. The monoisotopic (exact) mass is 311 g/mol. The van der Waals surface area contributed by atoms with Gasteiger partial charge < -0.3 is 25.4 Å². The molecule has 0 unspecified atom stereocenters. The van der Waals surface area contributed by atoms with Gasteiger partial charge in [-0.2, -0.15) is 0 Å². The highest BCUT2D eigenvalue weighted by molar-refractivity contribution is 5.29. The molecule has 1 aliphatic heterocycles. The van der Waals surface area contributed by atoms with Crippen LogP contribution >= 0.6 is 0 Å². The second-order valence-electron chi connectivity index (χ2n) is 7.62. The average molecular weight is 311 g/mol. The minimum atomic E-state index is -0.909. The van der Waals surface area contributed by atoms with E-state index in [1.54, 1.807) is 0 Å². The summed E-state index contributed by atoms with van der Waals surface area (Å²) >= 11 is 0. The van der Waals surface area contributed by atoms with Crippen LogP contribution in [-0.2, 0) is 9.47 Å². The minimum Gasteiger partial charge on any atom is -0.389 e. The van der Waals surface area contributed by atoms with Crippen molar-refractivity contribution in [2.45, 2.75) is 76.0 Å². The summed E-state index contributed by atoms with van der Waals surface area (Å²) in [7, 11) is 0. The quantitative estimate of drug-likeness (QED) is 0.687. The zero-order valence-corrected chi connectivity index (χ0v) is 13.7. The van der Waals surface area contributed by atoms with Gasteiger partial charge in [0.15, 0.2) is 5.79 Å². The Balaban J connectivity index is 1.91. The standard InChI is InChI=1S/C17H29NO4/c1-15(2)21-10-14(22-15)9-16-7-5-13(19)8-12(16)4-3-6-17(16,20)11-18/h8,13-14,19-20H,3-7,9-11,18H2,1-2H3/t13-,14+,16+,17+/m1/s1. The van der Waals surface area contributed by atoms with Crippen LogP contribution < -0.4 is 5.73 Å². The van der Waals surface area contributed by atoms with Crippen molar-refractivity contribution >= 4 is 0 Å². The van der Waals surface area contributed by atoms with Gasteiger partial charge in [0, 0.05) is 12.0 Å². The van der Waals surface area contributed by atoms with E-state index in [-0.39, 0.29) is 18.1 Å². The summed E-state index contributed by atoms with van der Waals surface area (Å²) in [6.07, 6.45) is 6.21. The molecule has 2 aliphatic carbocycles. The van der Waals surface area contributed by atoms with Crippen molar-refractivity contribution in [3.05, 3.63) is 11.6 Å². The lowest BCUT2D eigenvalue weighted by Crippen LogP contribution is -2.59.